The summed E-state index contributed by atoms with van der Waals surface area (Å²) in [6.45, 7) is 5.15. The first kappa shape index (κ1) is 27.3. The molecule has 3 aliphatic rings. The molecule has 1 aliphatic carbocycles. The summed E-state index contributed by atoms with van der Waals surface area (Å²) in [5, 5.41) is 21.4. The number of rotatable bonds is 10. The lowest BCUT2D eigenvalue weighted by Gasteiger charge is -2.39. The maximum atomic E-state index is 12.5. The Morgan fingerprint density at radius 2 is 1.61 bits per heavy atom. The largest absolute Gasteiger partial charge is 0.480 e. The van der Waals surface area contributed by atoms with Crippen molar-refractivity contribution in [1.29, 1.82) is 0 Å². The molecule has 1 saturated carbocycles. The van der Waals surface area contributed by atoms with Gasteiger partial charge in [0, 0.05) is 38.6 Å². The summed E-state index contributed by atoms with van der Waals surface area (Å²) in [7, 11) is 0. The first-order valence-electron chi connectivity index (χ1n) is 14.6. The molecule has 3 unspecified atom stereocenters. The summed E-state index contributed by atoms with van der Waals surface area (Å²) in [5.74, 6) is 0.320. The van der Waals surface area contributed by atoms with E-state index in [2.05, 4.69) is 40.1 Å². The molecular weight excluding hydrogens is 476 g/mol. The van der Waals surface area contributed by atoms with Gasteiger partial charge in [-0.15, -0.1) is 0 Å². The second-order valence-corrected chi connectivity index (χ2v) is 11.9. The number of hydrogen-bond acceptors (Lipinski definition) is 5. The zero-order chi connectivity index (χ0) is 26.4. The fourth-order valence-corrected chi connectivity index (χ4v) is 7.06. The van der Waals surface area contributed by atoms with Gasteiger partial charge in [0.05, 0.1) is 18.8 Å². The number of nitrogens with zero attached hydrogens (tertiary/aromatic N) is 2. The van der Waals surface area contributed by atoms with Crippen molar-refractivity contribution in [3.05, 3.63) is 71.8 Å². The zero-order valence-corrected chi connectivity index (χ0v) is 22.6. The molecular formula is C32H44N2O4. The molecule has 0 radical (unpaired) electrons. The van der Waals surface area contributed by atoms with E-state index in [4.69, 9.17) is 4.74 Å². The summed E-state index contributed by atoms with van der Waals surface area (Å²) < 4.78 is 5.90. The maximum absolute atomic E-state index is 12.5. The first-order chi connectivity index (χ1) is 18.5. The van der Waals surface area contributed by atoms with Gasteiger partial charge >= 0.3 is 5.97 Å². The number of aliphatic carboxylic acids is 1. The lowest BCUT2D eigenvalue weighted by molar-refractivity contribution is -0.145. The van der Waals surface area contributed by atoms with Crippen LogP contribution < -0.4 is 0 Å². The minimum Gasteiger partial charge on any atom is -0.480 e. The molecule has 2 N–H and O–H groups in total. The number of ether oxygens (including phenoxy) is 1. The van der Waals surface area contributed by atoms with Gasteiger partial charge < -0.3 is 19.8 Å². The summed E-state index contributed by atoms with van der Waals surface area (Å²) in [4.78, 5) is 17.3. The van der Waals surface area contributed by atoms with Gasteiger partial charge in [-0.05, 0) is 48.6 Å². The first-order valence-corrected chi connectivity index (χ1v) is 14.6. The number of aliphatic hydroxyl groups is 1. The van der Waals surface area contributed by atoms with Crippen LogP contribution in [-0.4, -0.2) is 77.0 Å². The third-order valence-corrected chi connectivity index (χ3v) is 9.20. The number of carbonyl (C=O) groups is 1. The standard InChI is InChI=1S/C32H44N2O4/c35-31(36)30(27-14-8-3-9-15-27)34-21-28(29(22-34)26-12-6-2-7-13-26)20-33-18-16-32(37,17-19-33)24-38-23-25-10-4-1-5-11-25/h1-2,4-7,10-13,27-30,37H,3,8-9,14-24H2,(H,35,36). The average Bonchev–Trinajstić information content (AvgIpc) is 3.34. The monoisotopic (exact) mass is 520 g/mol. The van der Waals surface area contributed by atoms with Crippen molar-refractivity contribution < 1.29 is 19.7 Å². The average molecular weight is 521 g/mol. The highest BCUT2D eigenvalue weighted by Gasteiger charge is 2.43. The number of benzene rings is 2. The number of carboxylic acids is 1. The number of carboxylic acid groups (broad SMARTS) is 1. The van der Waals surface area contributed by atoms with Crippen LogP contribution in [0.3, 0.4) is 0 Å². The van der Waals surface area contributed by atoms with E-state index in [1.165, 1.54) is 12.0 Å². The van der Waals surface area contributed by atoms with Crippen molar-refractivity contribution >= 4 is 5.97 Å². The van der Waals surface area contributed by atoms with E-state index >= 15 is 0 Å². The lowest BCUT2D eigenvalue weighted by Crippen LogP contribution is -2.49. The quantitative estimate of drug-likeness (QED) is 0.470. The second-order valence-electron chi connectivity index (χ2n) is 11.9. The van der Waals surface area contributed by atoms with Crippen LogP contribution in [0.4, 0.5) is 0 Å². The van der Waals surface area contributed by atoms with E-state index in [1.54, 1.807) is 0 Å². The smallest absolute Gasteiger partial charge is 0.321 e. The van der Waals surface area contributed by atoms with Crippen LogP contribution in [0.25, 0.3) is 0 Å². The summed E-state index contributed by atoms with van der Waals surface area (Å²) in [5.41, 5.74) is 1.66. The Bertz CT molecular complexity index is 1000. The third-order valence-electron chi connectivity index (χ3n) is 9.20. The van der Waals surface area contributed by atoms with E-state index in [1.807, 2.05) is 30.3 Å². The molecule has 0 aromatic heterocycles. The Morgan fingerprint density at radius 3 is 2.26 bits per heavy atom. The summed E-state index contributed by atoms with van der Waals surface area (Å²) >= 11 is 0. The van der Waals surface area contributed by atoms with Crippen LogP contribution >= 0.6 is 0 Å². The minimum atomic E-state index is -0.777. The predicted octanol–water partition coefficient (Wildman–Crippen LogP) is 4.78. The molecule has 0 bridgehead atoms. The fraction of sp³-hybridized carbons (Fsp3) is 0.594. The fourth-order valence-electron chi connectivity index (χ4n) is 7.06. The van der Waals surface area contributed by atoms with Crippen molar-refractivity contribution in [3.63, 3.8) is 0 Å². The Labute approximate surface area is 227 Å². The number of piperidine rings is 1. The van der Waals surface area contributed by atoms with Crippen molar-refractivity contribution in [2.75, 3.05) is 39.3 Å². The van der Waals surface area contributed by atoms with Crippen molar-refractivity contribution in [2.24, 2.45) is 11.8 Å². The van der Waals surface area contributed by atoms with E-state index in [0.29, 0.717) is 37.9 Å². The Balaban J connectivity index is 1.20. The molecule has 6 heteroatoms. The molecule has 0 amide bonds. The van der Waals surface area contributed by atoms with Crippen LogP contribution in [0.1, 0.15) is 62.0 Å². The molecule has 6 nitrogen and oxygen atoms in total. The molecule has 2 saturated heterocycles. The van der Waals surface area contributed by atoms with E-state index in [-0.39, 0.29) is 12.0 Å². The minimum absolute atomic E-state index is 0.261. The van der Waals surface area contributed by atoms with E-state index < -0.39 is 11.6 Å². The van der Waals surface area contributed by atoms with Crippen LogP contribution in [-0.2, 0) is 16.1 Å². The molecule has 2 heterocycles. The molecule has 2 aromatic rings. The SMILES string of the molecule is O=C(O)C(C1CCCCC1)N1CC(CN2CCC(O)(COCc3ccccc3)CC2)C(c2ccccc2)C1. The van der Waals surface area contributed by atoms with Crippen LogP contribution in [0.15, 0.2) is 60.7 Å². The molecule has 2 aliphatic heterocycles. The molecule has 3 fully saturated rings. The van der Waals surface area contributed by atoms with E-state index in [0.717, 1.165) is 64.0 Å². The Morgan fingerprint density at radius 1 is 0.947 bits per heavy atom. The highest BCUT2D eigenvalue weighted by atomic mass is 16.5. The van der Waals surface area contributed by atoms with Gasteiger partial charge in [-0.25, -0.2) is 0 Å². The molecule has 0 spiro atoms. The zero-order valence-electron chi connectivity index (χ0n) is 22.6. The van der Waals surface area contributed by atoms with E-state index in [9.17, 15) is 15.0 Å². The molecule has 3 atom stereocenters. The van der Waals surface area contributed by atoms with Gasteiger partial charge in [-0.3, -0.25) is 9.69 Å². The third kappa shape index (κ3) is 6.84. The van der Waals surface area contributed by atoms with Crippen LogP contribution in [0.5, 0.6) is 0 Å². The number of hydrogen-bond donors (Lipinski definition) is 2. The molecule has 206 valence electrons. The Kier molecular flexibility index (Phi) is 9.16. The van der Waals surface area contributed by atoms with Gasteiger partial charge in [0.2, 0.25) is 0 Å². The van der Waals surface area contributed by atoms with Crippen molar-refractivity contribution in [2.45, 2.75) is 69.1 Å². The summed E-state index contributed by atoms with van der Waals surface area (Å²) in [6, 6.07) is 20.4. The van der Waals surface area contributed by atoms with Crippen LogP contribution in [0, 0.1) is 11.8 Å². The molecule has 2 aromatic carbocycles. The molecule has 5 rings (SSSR count). The lowest BCUT2D eigenvalue weighted by atomic mass is 9.83. The molecule has 38 heavy (non-hydrogen) atoms. The van der Waals surface area contributed by atoms with Gasteiger partial charge in [0.25, 0.3) is 0 Å². The van der Waals surface area contributed by atoms with Gasteiger partial charge in [0.1, 0.15) is 6.04 Å². The second kappa shape index (κ2) is 12.7. The van der Waals surface area contributed by atoms with Crippen molar-refractivity contribution in [3.8, 4) is 0 Å². The van der Waals surface area contributed by atoms with Crippen molar-refractivity contribution in [1.82, 2.24) is 9.80 Å². The Hall–Kier alpha value is -2.25. The summed E-state index contributed by atoms with van der Waals surface area (Å²) in [6.07, 6.45) is 7.01. The topological polar surface area (TPSA) is 73.2 Å². The number of likely N-dealkylation sites (tertiary alicyclic amines) is 2. The predicted molar refractivity (Wildman–Crippen MR) is 149 cm³/mol. The highest BCUT2D eigenvalue weighted by Crippen LogP contribution is 2.39. The van der Waals surface area contributed by atoms with Crippen LogP contribution in [0.2, 0.25) is 0 Å². The highest BCUT2D eigenvalue weighted by molar-refractivity contribution is 5.74. The van der Waals surface area contributed by atoms with Gasteiger partial charge in [0.15, 0.2) is 0 Å². The van der Waals surface area contributed by atoms with Gasteiger partial charge in [-0.2, -0.15) is 0 Å². The van der Waals surface area contributed by atoms with Gasteiger partial charge in [-0.1, -0.05) is 79.9 Å². The maximum Gasteiger partial charge on any atom is 0.321 e. The normalized spacial score (nSPS) is 25.8.